The zero-order valence-corrected chi connectivity index (χ0v) is 38.0. The van der Waals surface area contributed by atoms with Crippen LogP contribution < -0.4 is 51.4 Å². The number of rotatable bonds is 33. The Morgan fingerprint density at radius 1 is 0.404 bits per heavy atom. The van der Waals surface area contributed by atoms with E-state index in [4.69, 9.17) is 0 Å². The van der Waals surface area contributed by atoms with Gasteiger partial charge in [-0.1, -0.05) is 214 Å². The van der Waals surface area contributed by atoms with Crippen molar-refractivity contribution in [2.24, 2.45) is 5.92 Å². The molecule has 0 amide bonds. The van der Waals surface area contributed by atoms with Gasteiger partial charge >= 0.3 is 51.4 Å². The molecular formula is C45H95KN-. The van der Waals surface area contributed by atoms with Crippen LogP contribution in [-0.4, -0.2) is 25.0 Å². The smallest absolute Gasteiger partial charge is 0.343 e. The van der Waals surface area contributed by atoms with Gasteiger partial charge in [0, 0.05) is 0 Å². The molecule has 0 saturated heterocycles. The van der Waals surface area contributed by atoms with Crippen molar-refractivity contribution in [1.82, 2.24) is 4.90 Å². The molecule has 47 heavy (non-hydrogen) atoms. The molecular weight excluding hydrogens is 594 g/mol. The summed E-state index contributed by atoms with van der Waals surface area (Å²) in [6.07, 6.45) is 44.8. The molecule has 0 heterocycles. The van der Waals surface area contributed by atoms with Gasteiger partial charge in [0.2, 0.25) is 0 Å². The van der Waals surface area contributed by atoms with Crippen LogP contribution in [0.3, 0.4) is 0 Å². The van der Waals surface area contributed by atoms with E-state index in [1.165, 1.54) is 206 Å². The van der Waals surface area contributed by atoms with Crippen molar-refractivity contribution in [1.29, 1.82) is 0 Å². The third kappa shape index (κ3) is 66.2. The van der Waals surface area contributed by atoms with Crippen LogP contribution in [0.1, 0.15) is 240 Å². The zero-order chi connectivity index (χ0) is 35.2. The summed E-state index contributed by atoms with van der Waals surface area (Å²) in [4.78, 5) is 2.47. The van der Waals surface area contributed by atoms with Crippen LogP contribution in [0.5, 0.6) is 0 Å². The molecule has 0 saturated carbocycles. The maximum Gasteiger partial charge on any atom is 1.00 e. The van der Waals surface area contributed by atoms with E-state index < -0.39 is 0 Å². The van der Waals surface area contributed by atoms with Gasteiger partial charge in [0.05, 0.1) is 0 Å². The van der Waals surface area contributed by atoms with Crippen LogP contribution in [0.4, 0.5) is 0 Å². The standard InChI is InChI=1S/C18H38.C14H30N.C11H23.C2H4.K/c1-4-6-8-10-12-14-16-18(3)17-15-13-11-9-7-5-2;1-4-6-8-9-10-12-14-15(3)13-11-7-5-2;1-3-5-7-9-11-10-8-6-4-2;1-2;/h18H,4-17H2,1-3H3;2,4-14H2,1,3H3;1,3-11H2,2H3;1-2H2;/q;2*-1;;+1. The number of unbranched alkanes of at least 4 members (excludes halogenated alkanes) is 25. The van der Waals surface area contributed by atoms with Crippen molar-refractivity contribution in [2.45, 2.75) is 240 Å². The first-order valence-corrected chi connectivity index (χ1v) is 21.3. The quantitative estimate of drug-likeness (QED) is 0.0287. The van der Waals surface area contributed by atoms with Crippen molar-refractivity contribution in [3.63, 3.8) is 0 Å². The zero-order valence-electron chi connectivity index (χ0n) is 34.9. The monoisotopic (exact) mass is 689 g/mol. The molecule has 0 atom stereocenters. The fraction of sp³-hybridized carbons (Fsp3) is 0.911. The van der Waals surface area contributed by atoms with E-state index >= 15 is 0 Å². The molecule has 0 spiro atoms. The molecule has 0 aromatic heterocycles. The molecule has 0 rings (SSSR count). The number of hydrogen-bond donors (Lipinski definition) is 0. The van der Waals surface area contributed by atoms with E-state index in [1.54, 1.807) is 0 Å². The molecule has 282 valence electrons. The molecule has 0 N–H and O–H groups in total. The second kappa shape index (κ2) is 59.5. The van der Waals surface area contributed by atoms with Gasteiger partial charge in [0.25, 0.3) is 0 Å². The molecule has 2 heteroatoms. The average molecular weight is 689 g/mol. The molecule has 0 aromatic rings. The molecule has 0 aliphatic carbocycles. The Labute approximate surface area is 346 Å². The summed E-state index contributed by atoms with van der Waals surface area (Å²) in [5.74, 6) is 0.974. The fourth-order valence-corrected chi connectivity index (χ4v) is 5.83. The molecule has 1 nitrogen and oxygen atoms in total. The van der Waals surface area contributed by atoms with E-state index in [0.717, 1.165) is 18.8 Å². The van der Waals surface area contributed by atoms with Crippen molar-refractivity contribution in [3.05, 3.63) is 27.0 Å². The minimum absolute atomic E-state index is 0. The van der Waals surface area contributed by atoms with Crippen LogP contribution in [-0.2, 0) is 0 Å². The fourth-order valence-electron chi connectivity index (χ4n) is 5.83. The van der Waals surface area contributed by atoms with Crippen LogP contribution in [0.15, 0.2) is 13.2 Å². The molecule has 0 aromatic carbocycles. The second-order valence-corrected chi connectivity index (χ2v) is 14.2. The van der Waals surface area contributed by atoms with Gasteiger partial charge in [-0.15, -0.1) is 13.2 Å². The Morgan fingerprint density at radius 2 is 0.638 bits per heavy atom. The first-order chi connectivity index (χ1) is 22.5. The van der Waals surface area contributed by atoms with E-state index in [9.17, 15) is 0 Å². The summed E-state index contributed by atoms with van der Waals surface area (Å²) in [5, 5.41) is 0. The van der Waals surface area contributed by atoms with E-state index in [0.29, 0.717) is 0 Å². The Morgan fingerprint density at radius 3 is 0.957 bits per heavy atom. The van der Waals surface area contributed by atoms with Crippen LogP contribution in [0, 0.1) is 19.8 Å². The Hall–Kier alpha value is 1.34. The normalized spacial score (nSPS) is 10.4. The SMILES string of the molecule is C=C.CCCCCCCCC(C)CCCCCCCC.[CH2-]CCCCCCCCCC.[CH2-]CCCCN(C)CCCCCCCC.[K+]. The minimum atomic E-state index is 0. The summed E-state index contributed by atoms with van der Waals surface area (Å²) in [6, 6.07) is 0. The van der Waals surface area contributed by atoms with Crippen molar-refractivity contribution >= 4 is 0 Å². The van der Waals surface area contributed by atoms with Crippen molar-refractivity contribution < 1.29 is 51.4 Å². The van der Waals surface area contributed by atoms with Crippen LogP contribution in [0.25, 0.3) is 0 Å². The number of nitrogens with zero attached hydrogens (tertiary/aromatic N) is 1. The first kappa shape index (κ1) is 57.7. The van der Waals surface area contributed by atoms with E-state index in [-0.39, 0.29) is 51.4 Å². The van der Waals surface area contributed by atoms with E-state index in [2.05, 4.69) is 73.6 Å². The van der Waals surface area contributed by atoms with Gasteiger partial charge in [-0.2, -0.15) is 12.8 Å². The molecule has 0 fully saturated rings. The Kier molecular flexibility index (Phi) is 73.0. The predicted octanol–water partition coefficient (Wildman–Crippen LogP) is 13.6. The summed E-state index contributed by atoms with van der Waals surface area (Å²) < 4.78 is 0. The third-order valence-corrected chi connectivity index (χ3v) is 9.14. The van der Waals surface area contributed by atoms with Gasteiger partial charge in [0.15, 0.2) is 0 Å². The molecule has 0 unspecified atom stereocenters. The average Bonchev–Trinajstić information content (AvgIpc) is 3.07. The Bertz CT molecular complexity index is 429. The third-order valence-electron chi connectivity index (χ3n) is 9.14. The van der Waals surface area contributed by atoms with Crippen LogP contribution in [0.2, 0.25) is 0 Å². The Balaban J connectivity index is -0.000000185. The summed E-state index contributed by atoms with van der Waals surface area (Å²) >= 11 is 0. The summed E-state index contributed by atoms with van der Waals surface area (Å²) in [5.41, 5.74) is 0. The topological polar surface area (TPSA) is 3.24 Å². The van der Waals surface area contributed by atoms with E-state index in [1.807, 2.05) is 0 Å². The van der Waals surface area contributed by atoms with Gasteiger partial charge in [-0.05, 0) is 38.9 Å². The maximum absolute atomic E-state index is 3.87. The molecule has 0 aliphatic heterocycles. The molecule has 0 bridgehead atoms. The minimum Gasteiger partial charge on any atom is -0.343 e. The molecule has 0 aliphatic rings. The van der Waals surface area contributed by atoms with Crippen molar-refractivity contribution in [2.75, 3.05) is 20.1 Å². The second-order valence-electron chi connectivity index (χ2n) is 14.2. The van der Waals surface area contributed by atoms with Gasteiger partial charge < -0.3 is 18.7 Å². The van der Waals surface area contributed by atoms with Crippen LogP contribution >= 0.6 is 0 Å². The van der Waals surface area contributed by atoms with Gasteiger partial charge in [-0.3, -0.25) is 0 Å². The maximum atomic E-state index is 3.87. The van der Waals surface area contributed by atoms with Gasteiger partial charge in [0.1, 0.15) is 0 Å². The predicted molar refractivity (Wildman–Crippen MR) is 219 cm³/mol. The summed E-state index contributed by atoms with van der Waals surface area (Å²) in [7, 11) is 2.25. The largest absolute Gasteiger partial charge is 1.00 e. The number of hydrogen-bond acceptors (Lipinski definition) is 1. The van der Waals surface area contributed by atoms with Gasteiger partial charge in [-0.25, -0.2) is 0 Å². The summed E-state index contributed by atoms with van der Waals surface area (Å²) in [6.45, 7) is 27.8. The first-order valence-electron chi connectivity index (χ1n) is 21.3. The molecule has 0 radical (unpaired) electrons. The van der Waals surface area contributed by atoms with Crippen molar-refractivity contribution in [3.8, 4) is 0 Å².